The maximum Gasteiger partial charge on any atom is 0.234 e. The van der Waals surface area contributed by atoms with E-state index in [2.05, 4.69) is 15.5 Å². The summed E-state index contributed by atoms with van der Waals surface area (Å²) in [4.78, 5) is 12.6. The van der Waals surface area contributed by atoms with Gasteiger partial charge in [-0.25, -0.2) is 4.39 Å². The number of ether oxygens (including phenoxy) is 1. The van der Waals surface area contributed by atoms with Crippen LogP contribution in [0, 0.1) is 12.7 Å². The van der Waals surface area contributed by atoms with Gasteiger partial charge in [0.1, 0.15) is 0 Å². The average molecular weight is 497 g/mol. The molecular formula is C25H22ClFN4O2S. The Hall–Kier alpha value is -3.36. The van der Waals surface area contributed by atoms with Crippen molar-refractivity contribution in [3.63, 3.8) is 0 Å². The van der Waals surface area contributed by atoms with Crippen LogP contribution in [0.5, 0.6) is 5.75 Å². The van der Waals surface area contributed by atoms with Crippen LogP contribution in [-0.2, 0) is 4.79 Å². The lowest BCUT2D eigenvalue weighted by molar-refractivity contribution is -0.113. The third-order valence-corrected chi connectivity index (χ3v) is 6.30. The summed E-state index contributed by atoms with van der Waals surface area (Å²) in [5.41, 5.74) is 2.36. The van der Waals surface area contributed by atoms with Gasteiger partial charge in [-0.15, -0.1) is 10.2 Å². The predicted molar refractivity (Wildman–Crippen MR) is 132 cm³/mol. The van der Waals surface area contributed by atoms with E-state index in [-0.39, 0.29) is 17.4 Å². The molecule has 1 aromatic heterocycles. The molecule has 0 saturated heterocycles. The number of carbonyl (C=O) groups excluding carboxylic acids is 1. The minimum absolute atomic E-state index is 0.110. The van der Waals surface area contributed by atoms with E-state index in [0.717, 1.165) is 11.3 Å². The Balaban J connectivity index is 1.54. The van der Waals surface area contributed by atoms with Crippen LogP contribution in [-0.4, -0.2) is 26.4 Å². The Bertz CT molecular complexity index is 1300. The highest BCUT2D eigenvalue weighted by Gasteiger charge is 2.22. The molecule has 0 radical (unpaired) electrons. The summed E-state index contributed by atoms with van der Waals surface area (Å²) in [5, 5.41) is 12.5. The van der Waals surface area contributed by atoms with E-state index < -0.39 is 11.9 Å². The van der Waals surface area contributed by atoms with Crippen molar-refractivity contribution >= 4 is 35.0 Å². The first-order valence-corrected chi connectivity index (χ1v) is 11.9. The number of aromatic nitrogens is 3. The molecular weight excluding hydrogens is 475 g/mol. The number of benzene rings is 3. The zero-order chi connectivity index (χ0) is 24.1. The predicted octanol–water partition coefficient (Wildman–Crippen LogP) is 6.24. The van der Waals surface area contributed by atoms with E-state index in [1.54, 1.807) is 37.3 Å². The average Bonchev–Trinajstić information content (AvgIpc) is 3.26. The minimum Gasteiger partial charge on any atom is -0.480 e. The summed E-state index contributed by atoms with van der Waals surface area (Å²) in [6, 6.07) is 21.1. The first-order chi connectivity index (χ1) is 16.4. The molecule has 9 heteroatoms. The molecule has 0 aliphatic carbocycles. The van der Waals surface area contributed by atoms with Crippen molar-refractivity contribution in [1.82, 2.24) is 14.8 Å². The number of amides is 1. The van der Waals surface area contributed by atoms with Crippen LogP contribution in [0.3, 0.4) is 0 Å². The molecule has 1 unspecified atom stereocenters. The second-order valence-electron chi connectivity index (χ2n) is 7.50. The van der Waals surface area contributed by atoms with Crippen LogP contribution in [0.2, 0.25) is 5.02 Å². The number of nitrogens with one attached hydrogen (secondary N) is 1. The SMILES string of the molecule is Cc1ccc(NC(=O)CSc2nnc(C(C)Oc3ccccc3F)n2-c2ccccc2)cc1Cl. The van der Waals surface area contributed by atoms with Gasteiger partial charge in [0.15, 0.2) is 28.7 Å². The van der Waals surface area contributed by atoms with Gasteiger partial charge >= 0.3 is 0 Å². The zero-order valence-electron chi connectivity index (χ0n) is 18.5. The molecule has 0 bridgehead atoms. The van der Waals surface area contributed by atoms with Crippen molar-refractivity contribution in [2.45, 2.75) is 25.1 Å². The molecule has 0 aliphatic heterocycles. The van der Waals surface area contributed by atoms with Crippen molar-refractivity contribution in [3.05, 3.63) is 95.0 Å². The van der Waals surface area contributed by atoms with E-state index in [1.807, 2.05) is 47.9 Å². The summed E-state index contributed by atoms with van der Waals surface area (Å²) in [6.07, 6.45) is -0.595. The van der Waals surface area contributed by atoms with Crippen molar-refractivity contribution in [2.24, 2.45) is 0 Å². The molecule has 4 aromatic rings. The Morgan fingerprint density at radius 1 is 1.12 bits per heavy atom. The number of rotatable bonds is 8. The summed E-state index contributed by atoms with van der Waals surface area (Å²) in [7, 11) is 0. The highest BCUT2D eigenvalue weighted by molar-refractivity contribution is 7.99. The summed E-state index contributed by atoms with van der Waals surface area (Å²) in [5.74, 6) is 0.0666. The number of anilines is 1. The molecule has 174 valence electrons. The van der Waals surface area contributed by atoms with Crippen LogP contribution in [0.15, 0.2) is 78.0 Å². The Morgan fingerprint density at radius 2 is 1.85 bits per heavy atom. The van der Waals surface area contributed by atoms with Crippen LogP contribution in [0.1, 0.15) is 24.4 Å². The third kappa shape index (κ3) is 5.58. The van der Waals surface area contributed by atoms with Crippen LogP contribution < -0.4 is 10.1 Å². The van der Waals surface area contributed by atoms with Crippen molar-refractivity contribution < 1.29 is 13.9 Å². The molecule has 1 atom stereocenters. The van der Waals surface area contributed by atoms with Gasteiger partial charge in [0.05, 0.1) is 5.75 Å². The zero-order valence-corrected chi connectivity index (χ0v) is 20.1. The van der Waals surface area contributed by atoms with Gasteiger partial charge in [-0.2, -0.15) is 0 Å². The maximum absolute atomic E-state index is 14.1. The van der Waals surface area contributed by atoms with Gasteiger partial charge in [0, 0.05) is 16.4 Å². The lowest BCUT2D eigenvalue weighted by Gasteiger charge is -2.17. The number of aryl methyl sites for hydroxylation is 1. The minimum atomic E-state index is -0.595. The molecule has 1 N–H and O–H groups in total. The van der Waals surface area contributed by atoms with Crippen molar-refractivity contribution in [1.29, 1.82) is 0 Å². The molecule has 34 heavy (non-hydrogen) atoms. The fourth-order valence-corrected chi connectivity index (χ4v) is 4.18. The smallest absolute Gasteiger partial charge is 0.234 e. The number of hydrogen-bond donors (Lipinski definition) is 1. The number of thioether (sulfide) groups is 1. The maximum atomic E-state index is 14.1. The normalized spacial score (nSPS) is 11.8. The second kappa shape index (κ2) is 10.7. The lowest BCUT2D eigenvalue weighted by atomic mass is 10.2. The summed E-state index contributed by atoms with van der Waals surface area (Å²) in [6.45, 7) is 3.67. The lowest BCUT2D eigenvalue weighted by Crippen LogP contribution is -2.15. The fourth-order valence-electron chi connectivity index (χ4n) is 3.24. The summed E-state index contributed by atoms with van der Waals surface area (Å²) >= 11 is 7.38. The van der Waals surface area contributed by atoms with E-state index in [9.17, 15) is 9.18 Å². The van der Waals surface area contributed by atoms with Gasteiger partial charge in [-0.3, -0.25) is 9.36 Å². The van der Waals surface area contributed by atoms with Crippen LogP contribution in [0.25, 0.3) is 5.69 Å². The van der Waals surface area contributed by atoms with Gasteiger partial charge in [-0.1, -0.05) is 59.8 Å². The second-order valence-corrected chi connectivity index (χ2v) is 8.85. The quantitative estimate of drug-likeness (QED) is 0.292. The Kier molecular flexibility index (Phi) is 7.49. The number of carbonyl (C=O) groups is 1. The molecule has 0 aliphatic rings. The fraction of sp³-hybridized carbons (Fsp3) is 0.160. The number of hydrogen-bond acceptors (Lipinski definition) is 5. The number of nitrogens with zero attached hydrogens (tertiary/aromatic N) is 3. The van der Waals surface area contributed by atoms with Gasteiger partial charge in [-0.05, 0) is 55.8 Å². The van der Waals surface area contributed by atoms with Gasteiger partial charge < -0.3 is 10.1 Å². The highest BCUT2D eigenvalue weighted by atomic mass is 35.5. The molecule has 1 amide bonds. The third-order valence-electron chi connectivity index (χ3n) is 4.96. The van der Waals surface area contributed by atoms with E-state index in [1.165, 1.54) is 17.8 Å². The molecule has 1 heterocycles. The van der Waals surface area contributed by atoms with Gasteiger partial charge in [0.25, 0.3) is 0 Å². The standard InChI is InChI=1S/C25H22ClFN4O2S/c1-16-12-13-18(14-20(16)26)28-23(32)15-34-25-30-29-24(31(25)19-8-4-3-5-9-19)17(2)33-22-11-7-6-10-21(22)27/h3-14,17H,15H2,1-2H3,(H,28,32). The monoisotopic (exact) mass is 496 g/mol. The van der Waals surface area contributed by atoms with Crippen molar-refractivity contribution in [2.75, 3.05) is 11.1 Å². The topological polar surface area (TPSA) is 69.0 Å². The van der Waals surface area contributed by atoms with E-state index in [4.69, 9.17) is 16.3 Å². The van der Waals surface area contributed by atoms with E-state index in [0.29, 0.717) is 21.7 Å². The molecule has 4 rings (SSSR count). The number of halogens is 2. The first-order valence-electron chi connectivity index (χ1n) is 10.5. The first kappa shape index (κ1) is 23.8. The highest BCUT2D eigenvalue weighted by Crippen LogP contribution is 2.29. The molecule has 0 saturated carbocycles. The molecule has 3 aromatic carbocycles. The molecule has 6 nitrogen and oxygen atoms in total. The van der Waals surface area contributed by atoms with Crippen LogP contribution in [0.4, 0.5) is 10.1 Å². The molecule has 0 fully saturated rings. The Morgan fingerprint density at radius 3 is 2.59 bits per heavy atom. The van der Waals surface area contributed by atoms with Crippen LogP contribution >= 0.6 is 23.4 Å². The summed E-state index contributed by atoms with van der Waals surface area (Å²) < 4.78 is 21.7. The van der Waals surface area contributed by atoms with Gasteiger partial charge in [0.2, 0.25) is 5.91 Å². The van der Waals surface area contributed by atoms with E-state index >= 15 is 0 Å². The van der Waals surface area contributed by atoms with Crippen molar-refractivity contribution in [3.8, 4) is 11.4 Å². The molecule has 0 spiro atoms. The largest absolute Gasteiger partial charge is 0.480 e. The Labute approximate surface area is 206 Å². The number of para-hydroxylation sites is 2.